The summed E-state index contributed by atoms with van der Waals surface area (Å²) in [6.07, 6.45) is 2.07. The number of nitrogens with two attached hydrogens (primary N) is 1. The Hall–Kier alpha value is -1.48. The van der Waals surface area contributed by atoms with E-state index in [1.165, 1.54) is 0 Å². The second-order valence-corrected chi connectivity index (χ2v) is 5.06. The van der Waals surface area contributed by atoms with Crippen LogP contribution in [0, 0.1) is 5.92 Å². The lowest BCUT2D eigenvalue weighted by Crippen LogP contribution is -2.40. The van der Waals surface area contributed by atoms with Crippen LogP contribution in [0.4, 0.5) is 4.39 Å². The standard InChI is InChI=1S/C15H19FN2/c1-11(2)15(16,10-17)9-12-7-8-18-14-6-4-3-5-13(12)14/h3-8,11H,9-10,17H2,1-2H3. The number of rotatable bonds is 4. The van der Waals surface area contributed by atoms with Crippen LogP contribution >= 0.6 is 0 Å². The van der Waals surface area contributed by atoms with E-state index < -0.39 is 5.67 Å². The fourth-order valence-electron chi connectivity index (χ4n) is 2.14. The van der Waals surface area contributed by atoms with Crippen LogP contribution in [-0.4, -0.2) is 17.2 Å². The van der Waals surface area contributed by atoms with Crippen LogP contribution in [0.1, 0.15) is 19.4 Å². The van der Waals surface area contributed by atoms with Crippen molar-refractivity contribution < 1.29 is 4.39 Å². The molecule has 0 radical (unpaired) electrons. The van der Waals surface area contributed by atoms with Crippen molar-refractivity contribution >= 4 is 10.9 Å². The van der Waals surface area contributed by atoms with Crippen molar-refractivity contribution in [3.05, 3.63) is 42.1 Å². The van der Waals surface area contributed by atoms with Crippen molar-refractivity contribution in [2.24, 2.45) is 11.7 Å². The van der Waals surface area contributed by atoms with Crippen molar-refractivity contribution in [2.75, 3.05) is 6.54 Å². The maximum absolute atomic E-state index is 14.7. The minimum atomic E-state index is -1.36. The van der Waals surface area contributed by atoms with E-state index in [2.05, 4.69) is 4.98 Å². The fraction of sp³-hybridized carbons (Fsp3) is 0.400. The first-order chi connectivity index (χ1) is 8.57. The van der Waals surface area contributed by atoms with Crippen LogP contribution in [0.15, 0.2) is 36.5 Å². The molecule has 0 saturated carbocycles. The summed E-state index contributed by atoms with van der Waals surface area (Å²) >= 11 is 0. The number of alkyl halides is 1. The van der Waals surface area contributed by atoms with Crippen molar-refractivity contribution in [3.8, 4) is 0 Å². The van der Waals surface area contributed by atoms with Gasteiger partial charge in [0.15, 0.2) is 0 Å². The van der Waals surface area contributed by atoms with Gasteiger partial charge in [-0.1, -0.05) is 32.0 Å². The Morgan fingerprint density at radius 1 is 1.28 bits per heavy atom. The summed E-state index contributed by atoms with van der Waals surface area (Å²) in [5.41, 5.74) is 6.13. The molecule has 18 heavy (non-hydrogen) atoms. The van der Waals surface area contributed by atoms with Gasteiger partial charge in [0.1, 0.15) is 5.67 Å². The number of halogens is 1. The van der Waals surface area contributed by atoms with Crippen molar-refractivity contribution in [1.82, 2.24) is 4.98 Å². The molecule has 0 bridgehead atoms. The van der Waals surface area contributed by atoms with Gasteiger partial charge in [-0.25, -0.2) is 4.39 Å². The van der Waals surface area contributed by atoms with Crippen molar-refractivity contribution in [2.45, 2.75) is 25.9 Å². The van der Waals surface area contributed by atoms with E-state index in [1.54, 1.807) is 6.20 Å². The third-order valence-electron chi connectivity index (χ3n) is 3.60. The lowest BCUT2D eigenvalue weighted by Gasteiger charge is -2.28. The lowest BCUT2D eigenvalue weighted by atomic mass is 9.85. The maximum atomic E-state index is 14.7. The SMILES string of the molecule is CC(C)C(F)(CN)Cc1ccnc2ccccc12. The third-order valence-corrected chi connectivity index (χ3v) is 3.60. The first-order valence-electron chi connectivity index (χ1n) is 6.28. The zero-order valence-corrected chi connectivity index (χ0v) is 10.9. The number of fused-ring (bicyclic) bond motifs is 1. The molecule has 0 aliphatic carbocycles. The predicted molar refractivity (Wildman–Crippen MR) is 73.2 cm³/mol. The number of para-hydroxylation sites is 1. The zero-order valence-electron chi connectivity index (χ0n) is 10.9. The molecule has 3 heteroatoms. The Morgan fingerprint density at radius 2 is 2.00 bits per heavy atom. The lowest BCUT2D eigenvalue weighted by molar-refractivity contribution is 0.111. The summed E-state index contributed by atoms with van der Waals surface area (Å²) in [6, 6.07) is 9.69. The molecule has 1 heterocycles. The summed E-state index contributed by atoms with van der Waals surface area (Å²) in [5, 5.41) is 1.01. The Morgan fingerprint density at radius 3 is 2.67 bits per heavy atom. The highest BCUT2D eigenvalue weighted by Gasteiger charge is 2.32. The monoisotopic (exact) mass is 246 g/mol. The predicted octanol–water partition coefficient (Wildman–Crippen LogP) is 3.10. The summed E-state index contributed by atoms with van der Waals surface area (Å²) in [7, 11) is 0. The molecular weight excluding hydrogens is 227 g/mol. The average Bonchev–Trinajstić information content (AvgIpc) is 2.39. The second kappa shape index (κ2) is 5.02. The van der Waals surface area contributed by atoms with Gasteiger partial charge in [-0.3, -0.25) is 4.98 Å². The van der Waals surface area contributed by atoms with E-state index in [-0.39, 0.29) is 12.5 Å². The maximum Gasteiger partial charge on any atom is 0.129 e. The molecule has 2 N–H and O–H groups in total. The van der Waals surface area contributed by atoms with Gasteiger partial charge in [0, 0.05) is 24.5 Å². The van der Waals surface area contributed by atoms with Gasteiger partial charge in [0.2, 0.25) is 0 Å². The molecule has 0 aliphatic heterocycles. The van der Waals surface area contributed by atoms with E-state index >= 15 is 0 Å². The third kappa shape index (κ3) is 2.36. The van der Waals surface area contributed by atoms with Crippen molar-refractivity contribution in [1.29, 1.82) is 0 Å². The molecule has 2 aromatic rings. The van der Waals surface area contributed by atoms with Gasteiger partial charge in [0.25, 0.3) is 0 Å². The zero-order chi connectivity index (χ0) is 13.2. The van der Waals surface area contributed by atoms with Crippen LogP contribution in [-0.2, 0) is 6.42 Å². The van der Waals surface area contributed by atoms with Crippen LogP contribution in [0.2, 0.25) is 0 Å². The van der Waals surface area contributed by atoms with E-state index in [4.69, 9.17) is 5.73 Å². The number of hydrogen-bond acceptors (Lipinski definition) is 2. The van der Waals surface area contributed by atoms with Crippen LogP contribution in [0.3, 0.4) is 0 Å². The van der Waals surface area contributed by atoms with Gasteiger partial charge in [0.05, 0.1) is 5.52 Å². The Labute approximate surface area is 107 Å². The molecule has 0 amide bonds. The first kappa shape index (κ1) is 13.0. The normalized spacial score (nSPS) is 14.9. The molecule has 1 aromatic carbocycles. The van der Waals surface area contributed by atoms with E-state index in [1.807, 2.05) is 44.2 Å². The number of benzene rings is 1. The minimum absolute atomic E-state index is 0.0430. The smallest absolute Gasteiger partial charge is 0.129 e. The number of pyridine rings is 1. The molecular formula is C15H19FN2. The molecule has 0 fully saturated rings. The van der Waals surface area contributed by atoms with Crippen molar-refractivity contribution in [3.63, 3.8) is 0 Å². The summed E-state index contributed by atoms with van der Waals surface area (Å²) in [6.45, 7) is 3.79. The molecule has 0 saturated heterocycles. The molecule has 0 aliphatic rings. The minimum Gasteiger partial charge on any atom is -0.328 e. The molecule has 96 valence electrons. The molecule has 0 spiro atoms. The number of hydrogen-bond donors (Lipinski definition) is 1. The second-order valence-electron chi connectivity index (χ2n) is 5.06. The van der Waals surface area contributed by atoms with Crippen LogP contribution in [0.25, 0.3) is 10.9 Å². The molecule has 1 aromatic heterocycles. The quantitative estimate of drug-likeness (QED) is 0.900. The highest BCUT2D eigenvalue weighted by atomic mass is 19.1. The number of nitrogens with zero attached hydrogens (tertiary/aromatic N) is 1. The van der Waals surface area contributed by atoms with Gasteiger partial charge >= 0.3 is 0 Å². The summed E-state index contributed by atoms with van der Waals surface area (Å²) < 4.78 is 14.7. The van der Waals surface area contributed by atoms with Crippen LogP contribution < -0.4 is 5.73 Å². The largest absolute Gasteiger partial charge is 0.328 e. The first-order valence-corrected chi connectivity index (χ1v) is 6.28. The van der Waals surface area contributed by atoms with Gasteiger partial charge in [-0.2, -0.15) is 0 Å². The average molecular weight is 246 g/mol. The molecule has 2 nitrogen and oxygen atoms in total. The molecule has 1 unspecified atom stereocenters. The topological polar surface area (TPSA) is 38.9 Å². The van der Waals surface area contributed by atoms with Gasteiger partial charge < -0.3 is 5.73 Å². The Balaban J connectivity index is 2.43. The Bertz CT molecular complexity index is 534. The van der Waals surface area contributed by atoms with Crippen LogP contribution in [0.5, 0.6) is 0 Å². The highest BCUT2D eigenvalue weighted by molar-refractivity contribution is 5.81. The van der Waals surface area contributed by atoms with E-state index in [0.717, 1.165) is 16.5 Å². The van der Waals surface area contributed by atoms with E-state index in [0.29, 0.717) is 6.42 Å². The van der Waals surface area contributed by atoms with Gasteiger partial charge in [-0.05, 0) is 23.6 Å². The fourth-order valence-corrected chi connectivity index (χ4v) is 2.14. The van der Waals surface area contributed by atoms with E-state index in [9.17, 15) is 4.39 Å². The Kier molecular flexibility index (Phi) is 3.62. The number of aromatic nitrogens is 1. The van der Waals surface area contributed by atoms with Gasteiger partial charge in [-0.15, -0.1) is 0 Å². The summed E-state index contributed by atoms with van der Waals surface area (Å²) in [4.78, 5) is 4.29. The molecule has 1 atom stereocenters. The highest BCUT2D eigenvalue weighted by Crippen LogP contribution is 2.28. The molecule has 2 rings (SSSR count). The summed E-state index contributed by atoms with van der Waals surface area (Å²) in [5.74, 6) is -0.102.